The quantitative estimate of drug-likeness (QED) is 0.265. The topological polar surface area (TPSA) is 26.3 Å². The largest absolute Gasteiger partial charge is 0.463 e. The highest BCUT2D eigenvalue weighted by atomic mass is 16.5. The van der Waals surface area contributed by atoms with Crippen molar-refractivity contribution in [2.45, 2.75) is 46.0 Å². The first-order valence-corrected chi connectivity index (χ1v) is 5.73. The first-order valence-electron chi connectivity index (χ1n) is 5.73. The second kappa shape index (κ2) is 9.50. The molecular formula is C13H22O2. The summed E-state index contributed by atoms with van der Waals surface area (Å²) in [7, 11) is 0. The fourth-order valence-electron chi connectivity index (χ4n) is 1.30. The van der Waals surface area contributed by atoms with E-state index >= 15 is 0 Å². The van der Waals surface area contributed by atoms with Gasteiger partial charge in [-0.1, -0.05) is 31.9 Å². The Morgan fingerprint density at radius 3 is 2.60 bits per heavy atom. The van der Waals surface area contributed by atoms with Crippen LogP contribution in [-0.2, 0) is 9.53 Å². The van der Waals surface area contributed by atoms with E-state index in [1.807, 2.05) is 13.0 Å². The number of allylic oxidation sites excluding steroid dienone is 2. The van der Waals surface area contributed by atoms with Gasteiger partial charge < -0.3 is 4.74 Å². The zero-order chi connectivity index (χ0) is 11.5. The molecular weight excluding hydrogens is 188 g/mol. The Morgan fingerprint density at radius 2 is 2.07 bits per heavy atom. The van der Waals surface area contributed by atoms with E-state index in [9.17, 15) is 4.79 Å². The van der Waals surface area contributed by atoms with Gasteiger partial charge in [0.05, 0.1) is 6.61 Å². The maximum atomic E-state index is 11.5. The molecule has 0 saturated heterocycles. The number of hydrogen-bond acceptors (Lipinski definition) is 2. The van der Waals surface area contributed by atoms with Gasteiger partial charge in [-0.3, -0.25) is 0 Å². The summed E-state index contributed by atoms with van der Waals surface area (Å²) in [5.74, 6) is -0.171. The average molecular weight is 210 g/mol. The SMILES string of the molecule is C=CCC=C(CCCCC)C(=O)OCC. The summed E-state index contributed by atoms with van der Waals surface area (Å²) in [5.41, 5.74) is 0.796. The van der Waals surface area contributed by atoms with Gasteiger partial charge in [-0.05, 0) is 26.2 Å². The van der Waals surface area contributed by atoms with Crippen molar-refractivity contribution in [3.05, 3.63) is 24.3 Å². The van der Waals surface area contributed by atoms with Crippen molar-refractivity contribution in [2.24, 2.45) is 0 Å². The average Bonchev–Trinajstić information content (AvgIpc) is 2.23. The molecule has 0 aliphatic carbocycles. The summed E-state index contributed by atoms with van der Waals surface area (Å²) in [6.07, 6.45) is 8.64. The van der Waals surface area contributed by atoms with E-state index in [2.05, 4.69) is 13.5 Å². The van der Waals surface area contributed by atoms with Crippen molar-refractivity contribution in [3.63, 3.8) is 0 Å². The van der Waals surface area contributed by atoms with Gasteiger partial charge in [-0.2, -0.15) is 0 Å². The van der Waals surface area contributed by atoms with Crippen molar-refractivity contribution < 1.29 is 9.53 Å². The van der Waals surface area contributed by atoms with E-state index < -0.39 is 0 Å². The van der Waals surface area contributed by atoms with Crippen LogP contribution in [0.15, 0.2) is 24.3 Å². The number of carbonyl (C=O) groups is 1. The minimum absolute atomic E-state index is 0.171. The Kier molecular flexibility index (Phi) is 8.84. The molecule has 15 heavy (non-hydrogen) atoms. The van der Waals surface area contributed by atoms with Crippen molar-refractivity contribution >= 4 is 5.97 Å². The van der Waals surface area contributed by atoms with Crippen LogP contribution < -0.4 is 0 Å². The fraction of sp³-hybridized carbons (Fsp3) is 0.615. The lowest BCUT2D eigenvalue weighted by molar-refractivity contribution is -0.138. The Labute approximate surface area is 93.0 Å². The van der Waals surface area contributed by atoms with E-state index in [0.717, 1.165) is 37.7 Å². The van der Waals surface area contributed by atoms with Crippen LogP contribution >= 0.6 is 0 Å². The molecule has 0 heterocycles. The van der Waals surface area contributed by atoms with E-state index in [0.29, 0.717) is 6.61 Å². The summed E-state index contributed by atoms with van der Waals surface area (Å²) < 4.78 is 4.99. The van der Waals surface area contributed by atoms with Crippen LogP contribution in [-0.4, -0.2) is 12.6 Å². The molecule has 0 atom stereocenters. The maximum Gasteiger partial charge on any atom is 0.333 e. The second-order valence-corrected chi connectivity index (χ2v) is 3.43. The van der Waals surface area contributed by atoms with Crippen LogP contribution in [0.1, 0.15) is 46.0 Å². The molecule has 0 rings (SSSR count). The van der Waals surface area contributed by atoms with Crippen LogP contribution in [0.3, 0.4) is 0 Å². The first kappa shape index (κ1) is 13.9. The molecule has 0 aromatic carbocycles. The van der Waals surface area contributed by atoms with Crippen molar-refractivity contribution in [1.29, 1.82) is 0 Å². The van der Waals surface area contributed by atoms with Crippen LogP contribution in [0.25, 0.3) is 0 Å². The molecule has 0 fully saturated rings. The molecule has 0 aliphatic rings. The van der Waals surface area contributed by atoms with E-state index in [4.69, 9.17) is 4.74 Å². The van der Waals surface area contributed by atoms with Crippen molar-refractivity contribution in [3.8, 4) is 0 Å². The summed E-state index contributed by atoms with van der Waals surface area (Å²) in [6, 6.07) is 0. The highest BCUT2D eigenvalue weighted by Crippen LogP contribution is 2.12. The Hall–Kier alpha value is -1.05. The lowest BCUT2D eigenvalue weighted by Crippen LogP contribution is -2.07. The van der Waals surface area contributed by atoms with Gasteiger partial charge in [-0.25, -0.2) is 4.79 Å². The molecule has 0 bridgehead atoms. The van der Waals surface area contributed by atoms with Crippen LogP contribution in [0.5, 0.6) is 0 Å². The third-order valence-corrected chi connectivity index (χ3v) is 2.12. The molecule has 2 heteroatoms. The summed E-state index contributed by atoms with van der Waals surface area (Å²) in [4.78, 5) is 11.5. The van der Waals surface area contributed by atoms with Crippen molar-refractivity contribution in [2.75, 3.05) is 6.61 Å². The zero-order valence-corrected chi connectivity index (χ0v) is 9.92. The van der Waals surface area contributed by atoms with Crippen LogP contribution in [0.2, 0.25) is 0 Å². The molecule has 0 aromatic heterocycles. The van der Waals surface area contributed by atoms with Crippen LogP contribution in [0.4, 0.5) is 0 Å². The van der Waals surface area contributed by atoms with E-state index in [1.54, 1.807) is 6.08 Å². The molecule has 0 amide bonds. The molecule has 86 valence electrons. The monoisotopic (exact) mass is 210 g/mol. The third kappa shape index (κ3) is 6.95. The van der Waals surface area contributed by atoms with Gasteiger partial charge in [0, 0.05) is 5.57 Å². The molecule has 0 aliphatic heterocycles. The van der Waals surface area contributed by atoms with Gasteiger partial charge in [0.2, 0.25) is 0 Å². The molecule has 2 nitrogen and oxygen atoms in total. The highest BCUT2D eigenvalue weighted by Gasteiger charge is 2.08. The highest BCUT2D eigenvalue weighted by molar-refractivity contribution is 5.88. The number of carbonyl (C=O) groups excluding carboxylic acids is 1. The van der Waals surface area contributed by atoms with Gasteiger partial charge in [0.25, 0.3) is 0 Å². The Bertz CT molecular complexity index is 217. The number of rotatable bonds is 8. The smallest absolute Gasteiger partial charge is 0.333 e. The van der Waals surface area contributed by atoms with Crippen LogP contribution in [0, 0.1) is 0 Å². The second-order valence-electron chi connectivity index (χ2n) is 3.43. The lowest BCUT2D eigenvalue weighted by Gasteiger charge is -2.06. The molecule has 0 radical (unpaired) electrons. The maximum absolute atomic E-state index is 11.5. The zero-order valence-electron chi connectivity index (χ0n) is 9.92. The van der Waals surface area contributed by atoms with Gasteiger partial charge in [-0.15, -0.1) is 6.58 Å². The van der Waals surface area contributed by atoms with Crippen molar-refractivity contribution in [1.82, 2.24) is 0 Å². The Morgan fingerprint density at radius 1 is 1.33 bits per heavy atom. The first-order chi connectivity index (χ1) is 7.26. The molecule has 0 saturated carbocycles. The van der Waals surface area contributed by atoms with Gasteiger partial charge in [0.1, 0.15) is 0 Å². The summed E-state index contributed by atoms with van der Waals surface area (Å²) in [6.45, 7) is 8.06. The number of ether oxygens (including phenoxy) is 1. The van der Waals surface area contributed by atoms with Gasteiger partial charge >= 0.3 is 5.97 Å². The number of esters is 1. The van der Waals surface area contributed by atoms with E-state index in [1.165, 1.54) is 0 Å². The predicted molar refractivity (Wildman–Crippen MR) is 63.7 cm³/mol. The molecule has 0 N–H and O–H groups in total. The van der Waals surface area contributed by atoms with Gasteiger partial charge in [0.15, 0.2) is 0 Å². The molecule has 0 spiro atoms. The number of hydrogen-bond donors (Lipinski definition) is 0. The standard InChI is InChI=1S/C13H22O2/c1-4-7-9-11-12(10-8-5-2)13(14)15-6-3/h5,10H,2,4,6-9,11H2,1,3H3. The normalized spacial score (nSPS) is 11.2. The molecule has 0 aromatic rings. The lowest BCUT2D eigenvalue weighted by atomic mass is 10.1. The van der Waals surface area contributed by atoms with E-state index in [-0.39, 0.29) is 5.97 Å². The molecule has 0 unspecified atom stereocenters. The Balaban J connectivity index is 4.17. The minimum Gasteiger partial charge on any atom is -0.463 e. The fourth-order valence-corrected chi connectivity index (χ4v) is 1.30. The third-order valence-electron chi connectivity index (χ3n) is 2.12. The minimum atomic E-state index is -0.171. The predicted octanol–water partition coefficient (Wildman–Crippen LogP) is 3.63. The number of unbranched alkanes of at least 4 members (excludes halogenated alkanes) is 2. The summed E-state index contributed by atoms with van der Waals surface area (Å²) >= 11 is 0. The summed E-state index contributed by atoms with van der Waals surface area (Å²) in [5, 5.41) is 0.